The molecule has 2 N–H and O–H groups in total. The maximum atomic E-state index is 12.7. The van der Waals surface area contributed by atoms with Crippen molar-refractivity contribution in [3.63, 3.8) is 0 Å². The molecule has 3 aliphatic rings. The average Bonchev–Trinajstić information content (AvgIpc) is 3.25. The minimum absolute atomic E-state index is 0.0575. The topological polar surface area (TPSA) is 70.2 Å². The summed E-state index contributed by atoms with van der Waals surface area (Å²) in [6.45, 7) is 0.823. The van der Waals surface area contributed by atoms with Gasteiger partial charge in [-0.25, -0.2) is 4.79 Å². The van der Waals surface area contributed by atoms with Crippen LogP contribution in [0.4, 0.5) is 4.79 Å². The zero-order chi connectivity index (χ0) is 14.2. The summed E-state index contributed by atoms with van der Waals surface area (Å²) >= 11 is 0. The predicted molar refractivity (Wildman–Crippen MR) is 76.7 cm³/mol. The highest BCUT2D eigenvalue weighted by molar-refractivity contribution is 5.75. The number of carbonyl (C=O) groups excluding carboxylic acids is 1. The number of aromatic amines is 1. The van der Waals surface area contributed by atoms with Gasteiger partial charge in [0, 0.05) is 18.3 Å². The van der Waals surface area contributed by atoms with Gasteiger partial charge in [-0.1, -0.05) is 0 Å². The fourth-order valence-electron chi connectivity index (χ4n) is 4.00. The molecule has 0 aliphatic carbocycles. The number of aromatic nitrogens is 2. The molecule has 4 atom stereocenters. The van der Waals surface area contributed by atoms with Gasteiger partial charge in [0.2, 0.25) is 0 Å². The number of carbonyl (C=O) groups is 1. The number of urea groups is 1. The highest BCUT2D eigenvalue weighted by atomic mass is 16.5. The summed E-state index contributed by atoms with van der Waals surface area (Å²) in [5, 5.41) is 10.1. The van der Waals surface area contributed by atoms with E-state index < -0.39 is 0 Å². The van der Waals surface area contributed by atoms with Crippen LogP contribution < -0.4 is 5.32 Å². The Labute approximate surface area is 124 Å². The van der Waals surface area contributed by atoms with Gasteiger partial charge in [-0.05, 0) is 38.5 Å². The van der Waals surface area contributed by atoms with Crippen LogP contribution in [-0.4, -0.2) is 45.9 Å². The average molecular weight is 290 g/mol. The highest BCUT2D eigenvalue weighted by Crippen LogP contribution is 2.35. The van der Waals surface area contributed by atoms with Crippen LogP contribution in [-0.2, 0) is 4.74 Å². The van der Waals surface area contributed by atoms with Crippen molar-refractivity contribution in [3.05, 3.63) is 18.0 Å². The molecule has 0 radical (unpaired) electrons. The first kappa shape index (κ1) is 13.1. The summed E-state index contributed by atoms with van der Waals surface area (Å²) in [7, 11) is 0. The van der Waals surface area contributed by atoms with E-state index in [1.807, 2.05) is 17.3 Å². The third-order valence-electron chi connectivity index (χ3n) is 5.08. The molecule has 0 spiro atoms. The largest absolute Gasteiger partial charge is 0.373 e. The molecule has 114 valence electrons. The zero-order valence-corrected chi connectivity index (χ0v) is 12.1. The molecule has 2 bridgehead atoms. The lowest BCUT2D eigenvalue weighted by Gasteiger charge is -2.36. The molecule has 0 unspecified atom stereocenters. The number of likely N-dealkylation sites (tertiary alicyclic amines) is 1. The lowest BCUT2D eigenvalue weighted by atomic mass is 9.95. The van der Waals surface area contributed by atoms with E-state index in [2.05, 4.69) is 15.5 Å². The van der Waals surface area contributed by atoms with Gasteiger partial charge < -0.3 is 15.0 Å². The van der Waals surface area contributed by atoms with Crippen LogP contribution in [0.1, 0.15) is 50.1 Å². The van der Waals surface area contributed by atoms with Crippen molar-refractivity contribution in [1.82, 2.24) is 20.4 Å². The number of fused-ring (bicyclic) bond motifs is 2. The molecule has 0 saturated carbocycles. The normalized spacial score (nSPS) is 35.1. The quantitative estimate of drug-likeness (QED) is 0.875. The summed E-state index contributed by atoms with van der Waals surface area (Å²) in [4.78, 5) is 14.6. The number of nitrogens with zero attached hydrogens (tertiary/aromatic N) is 2. The van der Waals surface area contributed by atoms with Gasteiger partial charge in [-0.3, -0.25) is 5.10 Å². The number of hydrogen-bond acceptors (Lipinski definition) is 3. The van der Waals surface area contributed by atoms with Crippen molar-refractivity contribution in [2.24, 2.45) is 0 Å². The Hall–Kier alpha value is -1.56. The number of rotatable bonds is 2. The van der Waals surface area contributed by atoms with Crippen molar-refractivity contribution >= 4 is 6.03 Å². The van der Waals surface area contributed by atoms with Crippen LogP contribution in [0.15, 0.2) is 12.4 Å². The molecule has 2 amide bonds. The summed E-state index contributed by atoms with van der Waals surface area (Å²) < 4.78 is 5.82. The molecule has 21 heavy (non-hydrogen) atoms. The Morgan fingerprint density at radius 2 is 2.33 bits per heavy atom. The summed E-state index contributed by atoms with van der Waals surface area (Å²) in [5.41, 5.74) is 1.11. The van der Waals surface area contributed by atoms with Crippen LogP contribution in [0.2, 0.25) is 0 Å². The second-order valence-corrected chi connectivity index (χ2v) is 6.40. The van der Waals surface area contributed by atoms with E-state index in [1.165, 1.54) is 0 Å². The second-order valence-electron chi connectivity index (χ2n) is 6.40. The molecule has 6 nitrogen and oxygen atoms in total. The SMILES string of the molecule is O=C(N[C@@H]1C[C@H]2CC[C@H]1O2)N1CCCC[C@@H]1c1cn[nH]c1. The monoisotopic (exact) mass is 290 g/mol. The molecule has 4 rings (SSSR count). The standard InChI is InChI=1S/C15H22N4O2/c20-15(18-12-7-11-4-5-14(12)21-11)19-6-2-1-3-13(19)10-8-16-17-9-10/h8-9,11-14H,1-7H2,(H,16,17)(H,18,20)/t11-,12-,13-,14-/m1/s1. The summed E-state index contributed by atoms with van der Waals surface area (Å²) in [6, 6.07) is 0.405. The fraction of sp³-hybridized carbons (Fsp3) is 0.733. The third kappa shape index (κ3) is 2.41. The van der Waals surface area contributed by atoms with Crippen LogP contribution in [0, 0.1) is 0 Å². The van der Waals surface area contributed by atoms with Gasteiger partial charge in [0.1, 0.15) is 0 Å². The van der Waals surface area contributed by atoms with Gasteiger partial charge in [0.25, 0.3) is 0 Å². The third-order valence-corrected chi connectivity index (χ3v) is 5.08. The maximum absolute atomic E-state index is 12.7. The lowest BCUT2D eigenvalue weighted by molar-refractivity contribution is 0.0951. The molecule has 6 heteroatoms. The number of amides is 2. The van der Waals surface area contributed by atoms with Crippen LogP contribution in [0.5, 0.6) is 0 Å². The Bertz CT molecular complexity index is 504. The number of ether oxygens (including phenoxy) is 1. The first-order valence-corrected chi connectivity index (χ1v) is 8.02. The first-order valence-electron chi connectivity index (χ1n) is 8.02. The van der Waals surface area contributed by atoms with E-state index in [0.717, 1.165) is 50.6 Å². The minimum atomic E-state index is 0.0575. The zero-order valence-electron chi connectivity index (χ0n) is 12.1. The van der Waals surface area contributed by atoms with Gasteiger partial charge in [0.05, 0.1) is 30.5 Å². The smallest absolute Gasteiger partial charge is 0.318 e. The second kappa shape index (κ2) is 5.33. The van der Waals surface area contributed by atoms with E-state index in [9.17, 15) is 4.79 Å². The van der Waals surface area contributed by atoms with E-state index in [0.29, 0.717) is 6.10 Å². The van der Waals surface area contributed by atoms with Crippen LogP contribution in [0.25, 0.3) is 0 Å². The Balaban J connectivity index is 1.44. The van der Waals surface area contributed by atoms with Crippen molar-refractivity contribution in [3.8, 4) is 0 Å². The Morgan fingerprint density at radius 3 is 3.05 bits per heavy atom. The molecule has 3 saturated heterocycles. The minimum Gasteiger partial charge on any atom is -0.373 e. The van der Waals surface area contributed by atoms with Crippen LogP contribution >= 0.6 is 0 Å². The lowest BCUT2D eigenvalue weighted by Crippen LogP contribution is -2.50. The Morgan fingerprint density at radius 1 is 1.38 bits per heavy atom. The molecule has 1 aromatic heterocycles. The summed E-state index contributed by atoms with van der Waals surface area (Å²) in [6.07, 6.45) is 10.8. The molecular weight excluding hydrogens is 268 g/mol. The number of H-pyrrole nitrogens is 1. The number of hydrogen-bond donors (Lipinski definition) is 2. The van der Waals surface area contributed by atoms with Gasteiger partial charge in [-0.2, -0.15) is 5.10 Å². The molecule has 3 aliphatic heterocycles. The van der Waals surface area contributed by atoms with E-state index in [-0.39, 0.29) is 24.2 Å². The maximum Gasteiger partial charge on any atom is 0.318 e. The molecule has 0 aromatic carbocycles. The van der Waals surface area contributed by atoms with Crippen LogP contribution in [0.3, 0.4) is 0 Å². The number of nitrogens with one attached hydrogen (secondary N) is 2. The highest BCUT2D eigenvalue weighted by Gasteiger charge is 2.42. The van der Waals surface area contributed by atoms with Gasteiger partial charge in [-0.15, -0.1) is 0 Å². The Kier molecular flexibility index (Phi) is 3.33. The van der Waals surface area contributed by atoms with E-state index in [4.69, 9.17) is 4.74 Å². The fourth-order valence-corrected chi connectivity index (χ4v) is 4.00. The van der Waals surface area contributed by atoms with E-state index >= 15 is 0 Å². The predicted octanol–water partition coefficient (Wildman–Crippen LogP) is 1.97. The number of piperidine rings is 1. The van der Waals surface area contributed by atoms with Crippen molar-refractivity contribution in [2.45, 2.75) is 62.8 Å². The molecular formula is C15H22N4O2. The van der Waals surface area contributed by atoms with Crippen molar-refractivity contribution in [2.75, 3.05) is 6.54 Å². The molecule has 1 aromatic rings. The van der Waals surface area contributed by atoms with Gasteiger partial charge in [0.15, 0.2) is 0 Å². The molecule has 3 fully saturated rings. The molecule has 4 heterocycles. The van der Waals surface area contributed by atoms with Gasteiger partial charge >= 0.3 is 6.03 Å². The van der Waals surface area contributed by atoms with Crippen molar-refractivity contribution in [1.29, 1.82) is 0 Å². The van der Waals surface area contributed by atoms with E-state index in [1.54, 1.807) is 0 Å². The summed E-state index contributed by atoms with van der Waals surface area (Å²) in [5.74, 6) is 0. The van der Waals surface area contributed by atoms with Crippen molar-refractivity contribution < 1.29 is 9.53 Å². The first-order chi connectivity index (χ1) is 10.3.